The number of amides is 2. The smallest absolute Gasteiger partial charge is 0.410 e. The van der Waals surface area contributed by atoms with Crippen molar-refractivity contribution in [3.05, 3.63) is 65.5 Å². The molecule has 2 amide bonds. The molecule has 0 aromatic heterocycles. The highest BCUT2D eigenvalue weighted by Crippen LogP contribution is 2.27. The van der Waals surface area contributed by atoms with Gasteiger partial charge in [-0.3, -0.25) is 4.79 Å². The molecule has 30 heavy (non-hydrogen) atoms. The maximum Gasteiger partial charge on any atom is 0.410 e. The molecule has 0 aliphatic carbocycles. The van der Waals surface area contributed by atoms with E-state index in [2.05, 4.69) is 0 Å². The maximum atomic E-state index is 13.3. The van der Waals surface area contributed by atoms with Crippen LogP contribution in [-0.2, 0) is 4.74 Å². The largest absolute Gasteiger partial charge is 0.444 e. The molecule has 1 saturated heterocycles. The Balaban J connectivity index is 1.80. The molecule has 1 aliphatic heterocycles. The molecule has 2 aromatic carbocycles. The van der Waals surface area contributed by atoms with E-state index in [0.29, 0.717) is 31.5 Å². The Morgan fingerprint density at radius 1 is 1.00 bits per heavy atom. The Morgan fingerprint density at radius 3 is 2.10 bits per heavy atom. The molecule has 0 atom stereocenters. The lowest BCUT2D eigenvalue weighted by Crippen LogP contribution is -2.50. The average Bonchev–Trinajstić information content (AvgIpc) is 2.69. The molecule has 1 aliphatic rings. The Kier molecular flexibility index (Phi) is 6.44. The van der Waals surface area contributed by atoms with Gasteiger partial charge < -0.3 is 14.5 Å². The fourth-order valence-corrected chi connectivity index (χ4v) is 3.56. The number of piperidine rings is 1. The minimum atomic E-state index is -0.541. The van der Waals surface area contributed by atoms with Crippen molar-refractivity contribution in [2.45, 2.75) is 52.2 Å². The minimum absolute atomic E-state index is 0.0658. The van der Waals surface area contributed by atoms with Crippen LogP contribution >= 0.6 is 0 Å². The first-order valence-electron chi connectivity index (χ1n) is 10.3. The van der Waals surface area contributed by atoms with Crippen LogP contribution in [0.1, 0.15) is 49.5 Å². The Hall–Kier alpha value is -2.89. The van der Waals surface area contributed by atoms with Gasteiger partial charge in [-0.25, -0.2) is 9.18 Å². The topological polar surface area (TPSA) is 49.9 Å². The summed E-state index contributed by atoms with van der Waals surface area (Å²) < 4.78 is 18.8. The van der Waals surface area contributed by atoms with Crippen molar-refractivity contribution in [3.8, 4) is 0 Å². The van der Waals surface area contributed by atoms with Gasteiger partial charge in [0.1, 0.15) is 11.4 Å². The number of halogens is 1. The van der Waals surface area contributed by atoms with Gasteiger partial charge >= 0.3 is 6.09 Å². The van der Waals surface area contributed by atoms with E-state index in [-0.39, 0.29) is 23.9 Å². The summed E-state index contributed by atoms with van der Waals surface area (Å²) in [4.78, 5) is 29.2. The Morgan fingerprint density at radius 2 is 1.57 bits per heavy atom. The number of likely N-dealkylation sites (tertiary alicyclic amines) is 1. The second-order valence-corrected chi connectivity index (χ2v) is 8.72. The zero-order valence-electron chi connectivity index (χ0n) is 18.0. The third-order valence-corrected chi connectivity index (χ3v) is 5.10. The number of aryl methyl sites for hydroxylation is 1. The van der Waals surface area contributed by atoms with Gasteiger partial charge in [-0.2, -0.15) is 0 Å². The highest BCUT2D eigenvalue weighted by Gasteiger charge is 2.32. The van der Waals surface area contributed by atoms with Crippen LogP contribution in [0, 0.1) is 12.7 Å². The summed E-state index contributed by atoms with van der Waals surface area (Å²) >= 11 is 0. The molecular formula is C24H29FN2O3. The van der Waals surface area contributed by atoms with Crippen LogP contribution in [0.4, 0.5) is 14.9 Å². The van der Waals surface area contributed by atoms with E-state index in [1.807, 2.05) is 52.0 Å². The molecule has 2 aromatic rings. The first-order valence-corrected chi connectivity index (χ1v) is 10.3. The second-order valence-electron chi connectivity index (χ2n) is 8.72. The van der Waals surface area contributed by atoms with E-state index in [0.717, 1.165) is 11.3 Å². The number of hydrogen-bond donors (Lipinski definition) is 0. The number of ether oxygens (including phenoxy) is 1. The summed E-state index contributed by atoms with van der Waals surface area (Å²) in [5.74, 6) is -0.548. The number of carbonyl (C=O) groups excluding carboxylic acids is 2. The van der Waals surface area contributed by atoms with Crippen LogP contribution < -0.4 is 4.90 Å². The molecule has 0 unspecified atom stereocenters. The standard InChI is InChI=1S/C24H29FN2O3/c1-17-5-11-20(12-6-17)27(22(28)18-7-9-19(25)10-8-18)21-13-15-26(16-14-21)23(29)30-24(2,3)4/h5-12,21H,13-16H2,1-4H3. The summed E-state index contributed by atoms with van der Waals surface area (Å²) in [6.07, 6.45) is 0.952. The third kappa shape index (κ3) is 5.38. The van der Waals surface area contributed by atoms with Crippen molar-refractivity contribution in [1.29, 1.82) is 0 Å². The van der Waals surface area contributed by atoms with Crippen molar-refractivity contribution in [2.24, 2.45) is 0 Å². The molecule has 6 heteroatoms. The lowest BCUT2D eigenvalue weighted by molar-refractivity contribution is 0.0205. The molecule has 160 valence electrons. The molecule has 0 spiro atoms. The Bertz CT molecular complexity index is 880. The van der Waals surface area contributed by atoms with Crippen molar-refractivity contribution < 1.29 is 18.7 Å². The highest BCUT2D eigenvalue weighted by atomic mass is 19.1. The van der Waals surface area contributed by atoms with Crippen LogP contribution in [0.3, 0.4) is 0 Å². The summed E-state index contributed by atoms with van der Waals surface area (Å²) in [7, 11) is 0. The van der Waals surface area contributed by atoms with Gasteiger partial charge in [0.2, 0.25) is 0 Å². The molecule has 0 radical (unpaired) electrons. The predicted molar refractivity (Wildman–Crippen MR) is 115 cm³/mol. The van der Waals surface area contributed by atoms with E-state index < -0.39 is 5.60 Å². The molecular weight excluding hydrogens is 383 g/mol. The number of hydrogen-bond acceptors (Lipinski definition) is 3. The third-order valence-electron chi connectivity index (χ3n) is 5.10. The fraction of sp³-hybridized carbons (Fsp3) is 0.417. The fourth-order valence-electron chi connectivity index (χ4n) is 3.56. The normalized spacial score (nSPS) is 15.0. The molecule has 0 bridgehead atoms. The highest BCUT2D eigenvalue weighted by molar-refractivity contribution is 6.06. The van der Waals surface area contributed by atoms with Crippen molar-refractivity contribution in [1.82, 2.24) is 4.90 Å². The zero-order valence-corrected chi connectivity index (χ0v) is 18.0. The summed E-state index contributed by atoms with van der Waals surface area (Å²) in [6, 6.07) is 13.3. The number of carbonyl (C=O) groups is 2. The average molecular weight is 413 g/mol. The van der Waals surface area contributed by atoms with Gasteiger partial charge in [-0.15, -0.1) is 0 Å². The molecule has 3 rings (SSSR count). The van der Waals surface area contributed by atoms with Crippen LogP contribution in [0.2, 0.25) is 0 Å². The van der Waals surface area contributed by atoms with Gasteiger partial charge in [0, 0.05) is 30.4 Å². The molecule has 0 saturated carbocycles. The number of rotatable bonds is 3. The molecule has 0 N–H and O–H groups in total. The quantitative estimate of drug-likeness (QED) is 0.698. The van der Waals surface area contributed by atoms with Gasteiger partial charge in [0.15, 0.2) is 0 Å². The van der Waals surface area contributed by atoms with Crippen molar-refractivity contribution >= 4 is 17.7 Å². The minimum Gasteiger partial charge on any atom is -0.444 e. The summed E-state index contributed by atoms with van der Waals surface area (Å²) in [5.41, 5.74) is 1.80. The first-order chi connectivity index (χ1) is 14.1. The van der Waals surface area contributed by atoms with Gasteiger partial charge in [0.05, 0.1) is 0 Å². The van der Waals surface area contributed by atoms with Crippen LogP contribution in [0.25, 0.3) is 0 Å². The van der Waals surface area contributed by atoms with E-state index in [9.17, 15) is 14.0 Å². The molecule has 5 nitrogen and oxygen atoms in total. The van der Waals surface area contributed by atoms with E-state index in [1.54, 1.807) is 9.80 Å². The number of nitrogens with zero attached hydrogens (tertiary/aromatic N) is 2. The lowest BCUT2D eigenvalue weighted by atomic mass is 10.0. The van der Waals surface area contributed by atoms with E-state index in [1.165, 1.54) is 24.3 Å². The SMILES string of the molecule is Cc1ccc(N(C(=O)c2ccc(F)cc2)C2CCN(C(=O)OC(C)(C)C)CC2)cc1. The van der Waals surface area contributed by atoms with Crippen LogP contribution in [0.5, 0.6) is 0 Å². The van der Waals surface area contributed by atoms with Gasteiger partial charge in [0.25, 0.3) is 5.91 Å². The predicted octanol–water partition coefficient (Wildman–Crippen LogP) is 5.18. The van der Waals surface area contributed by atoms with E-state index >= 15 is 0 Å². The van der Waals surface area contributed by atoms with Crippen molar-refractivity contribution in [2.75, 3.05) is 18.0 Å². The summed E-state index contributed by atoms with van der Waals surface area (Å²) in [5, 5.41) is 0. The van der Waals surface area contributed by atoms with Crippen LogP contribution in [0.15, 0.2) is 48.5 Å². The number of benzene rings is 2. The zero-order chi connectivity index (χ0) is 21.9. The lowest BCUT2D eigenvalue weighted by Gasteiger charge is -2.39. The van der Waals surface area contributed by atoms with Crippen LogP contribution in [-0.4, -0.2) is 41.6 Å². The summed E-state index contributed by atoms with van der Waals surface area (Å²) in [6.45, 7) is 8.56. The molecule has 1 fully saturated rings. The number of anilines is 1. The van der Waals surface area contributed by atoms with Gasteiger partial charge in [-0.05, 0) is 76.9 Å². The van der Waals surface area contributed by atoms with Gasteiger partial charge in [-0.1, -0.05) is 17.7 Å². The maximum absolute atomic E-state index is 13.3. The molecule has 1 heterocycles. The Labute approximate surface area is 177 Å². The first kappa shape index (κ1) is 21.8. The van der Waals surface area contributed by atoms with E-state index in [4.69, 9.17) is 4.74 Å². The second kappa shape index (κ2) is 8.86. The van der Waals surface area contributed by atoms with Crippen molar-refractivity contribution in [3.63, 3.8) is 0 Å². The monoisotopic (exact) mass is 412 g/mol.